The first-order chi connectivity index (χ1) is 26.2. The lowest BCUT2D eigenvalue weighted by molar-refractivity contribution is 1.20. The topological polar surface area (TPSA) is 76.3 Å². The predicted molar refractivity (Wildman–Crippen MR) is 215 cm³/mol. The Labute approximate surface area is 305 Å². The van der Waals surface area contributed by atoms with Crippen LogP contribution in [0.3, 0.4) is 0 Å². The minimum atomic E-state index is -0.202. The lowest BCUT2D eigenvalue weighted by Crippen LogP contribution is -1.96. The summed E-state index contributed by atoms with van der Waals surface area (Å²) < 4.78 is 2.40. The first kappa shape index (κ1) is 30.1. The van der Waals surface area contributed by atoms with Crippen molar-refractivity contribution < 1.29 is 0 Å². The third-order valence-corrected chi connectivity index (χ3v) is 10.7. The zero-order chi connectivity index (χ0) is 35.6. The summed E-state index contributed by atoms with van der Waals surface area (Å²) in [5.41, 5.74) is 12.7. The molecular formula is C49H26N4. The Morgan fingerprint density at radius 1 is 0.415 bits per heavy atom. The molecule has 0 saturated heterocycles. The fourth-order valence-corrected chi connectivity index (χ4v) is 8.58. The fourth-order valence-electron chi connectivity index (χ4n) is 8.58. The van der Waals surface area contributed by atoms with Gasteiger partial charge in [-0.1, -0.05) is 133 Å². The van der Waals surface area contributed by atoms with Crippen molar-refractivity contribution in [1.29, 1.82) is 15.8 Å². The number of allylic oxidation sites excluding steroid dienone is 2. The number of fused-ring (bicyclic) bond motifs is 7. The van der Waals surface area contributed by atoms with Crippen LogP contribution in [0.1, 0.15) is 5.56 Å². The van der Waals surface area contributed by atoms with Crippen LogP contribution < -0.4 is 0 Å². The van der Waals surface area contributed by atoms with Gasteiger partial charge in [0, 0.05) is 16.2 Å². The molecule has 0 saturated carbocycles. The molecule has 0 N–H and O–H groups in total. The van der Waals surface area contributed by atoms with Crippen molar-refractivity contribution in [2.45, 2.75) is 0 Å². The van der Waals surface area contributed by atoms with Gasteiger partial charge in [0.25, 0.3) is 0 Å². The first-order valence-electron chi connectivity index (χ1n) is 17.5. The smallest absolute Gasteiger partial charge is 0.148 e. The van der Waals surface area contributed by atoms with Gasteiger partial charge in [-0.15, -0.1) is 0 Å². The van der Waals surface area contributed by atoms with E-state index in [0.29, 0.717) is 5.56 Å². The van der Waals surface area contributed by atoms with Gasteiger partial charge < -0.3 is 4.57 Å². The van der Waals surface area contributed by atoms with E-state index < -0.39 is 0 Å². The number of rotatable bonds is 4. The van der Waals surface area contributed by atoms with E-state index in [4.69, 9.17) is 0 Å². The molecule has 53 heavy (non-hydrogen) atoms. The van der Waals surface area contributed by atoms with Gasteiger partial charge >= 0.3 is 0 Å². The minimum Gasteiger partial charge on any atom is -0.309 e. The van der Waals surface area contributed by atoms with Crippen molar-refractivity contribution in [2.24, 2.45) is 0 Å². The molecule has 0 bridgehead atoms. The van der Waals surface area contributed by atoms with Crippen molar-refractivity contribution >= 4 is 48.9 Å². The number of benzene rings is 8. The largest absolute Gasteiger partial charge is 0.309 e. The van der Waals surface area contributed by atoms with Crippen LogP contribution in [0.15, 0.2) is 163 Å². The Hall–Kier alpha value is -7.71. The minimum absolute atomic E-state index is 0.0684. The molecule has 8 aromatic carbocycles. The second kappa shape index (κ2) is 11.7. The Morgan fingerprint density at radius 2 is 0.962 bits per heavy atom. The van der Waals surface area contributed by atoms with Crippen molar-refractivity contribution in [2.75, 3.05) is 0 Å². The van der Waals surface area contributed by atoms with Gasteiger partial charge in [0.15, 0.2) is 0 Å². The van der Waals surface area contributed by atoms with Crippen LogP contribution in [0.4, 0.5) is 0 Å². The molecule has 4 nitrogen and oxygen atoms in total. The fraction of sp³-hybridized carbons (Fsp3) is 0. The highest BCUT2D eigenvalue weighted by atomic mass is 15.0. The molecule has 242 valence electrons. The van der Waals surface area contributed by atoms with Gasteiger partial charge in [0.1, 0.15) is 23.8 Å². The average Bonchev–Trinajstić information content (AvgIpc) is 3.73. The standard InChI is InChI=1S/C49H26N4/c50-27-33(28-51)41(29-52)32-22-23-36-40(26-32)46(31-14-5-2-6-15-31)48-38-19-11-18-37-44(53-42-20-9-7-16-34(42)35-17-8-10-21-43(35)53)25-24-39(47(37)38)49(48)45(36)30-12-3-1-4-13-30/h1-26H. The van der Waals surface area contributed by atoms with E-state index >= 15 is 0 Å². The monoisotopic (exact) mass is 670 g/mol. The molecule has 0 fully saturated rings. The van der Waals surface area contributed by atoms with E-state index in [1.165, 1.54) is 27.3 Å². The van der Waals surface area contributed by atoms with Crippen LogP contribution in [0.2, 0.25) is 0 Å². The van der Waals surface area contributed by atoms with Crippen LogP contribution in [0.25, 0.3) is 99.1 Å². The van der Waals surface area contributed by atoms with E-state index in [1.807, 2.05) is 36.4 Å². The van der Waals surface area contributed by atoms with Crippen molar-refractivity contribution in [3.63, 3.8) is 0 Å². The van der Waals surface area contributed by atoms with Gasteiger partial charge in [-0.05, 0) is 90.5 Å². The molecule has 1 aliphatic rings. The summed E-state index contributed by atoms with van der Waals surface area (Å²) in [4.78, 5) is 0. The molecule has 0 aliphatic heterocycles. The number of para-hydroxylation sites is 2. The summed E-state index contributed by atoms with van der Waals surface area (Å²) >= 11 is 0. The summed E-state index contributed by atoms with van der Waals surface area (Å²) in [6.07, 6.45) is 0. The molecule has 0 radical (unpaired) electrons. The third-order valence-electron chi connectivity index (χ3n) is 10.7. The van der Waals surface area contributed by atoms with Crippen molar-refractivity contribution in [1.82, 2.24) is 4.57 Å². The summed E-state index contributed by atoms with van der Waals surface area (Å²) in [6, 6.07) is 61.2. The molecule has 1 aliphatic carbocycles. The lowest BCUT2D eigenvalue weighted by atomic mass is 9.81. The molecule has 9 aromatic rings. The molecule has 4 heteroatoms. The van der Waals surface area contributed by atoms with Gasteiger partial charge in [-0.25, -0.2) is 0 Å². The molecule has 0 atom stereocenters. The lowest BCUT2D eigenvalue weighted by Gasteiger charge is -2.21. The maximum Gasteiger partial charge on any atom is 0.148 e. The Bertz CT molecular complexity index is 3110. The van der Waals surface area contributed by atoms with Crippen LogP contribution in [-0.2, 0) is 0 Å². The van der Waals surface area contributed by atoms with Crippen molar-refractivity contribution in [3.05, 3.63) is 169 Å². The Balaban J connectivity index is 1.38. The Kier molecular flexibility index (Phi) is 6.64. The number of hydrogen-bond donors (Lipinski definition) is 0. The highest BCUT2D eigenvalue weighted by Crippen LogP contribution is 2.58. The van der Waals surface area contributed by atoms with Crippen LogP contribution >= 0.6 is 0 Å². The summed E-state index contributed by atoms with van der Waals surface area (Å²) in [7, 11) is 0. The summed E-state index contributed by atoms with van der Waals surface area (Å²) in [5, 5.41) is 36.5. The third kappa shape index (κ3) is 4.26. The van der Waals surface area contributed by atoms with E-state index in [2.05, 4.69) is 144 Å². The molecule has 10 rings (SSSR count). The SMILES string of the molecule is N#CC(C#N)=C(C#N)c1ccc2c(-c3ccccc3)c3c(c(-c4ccccc4)c2c1)-c1cccc2c(-n4c5ccccc5c5ccccc54)ccc-3c12. The second-order valence-electron chi connectivity index (χ2n) is 13.3. The van der Waals surface area contributed by atoms with Crippen molar-refractivity contribution in [3.8, 4) is 68.4 Å². The second-order valence-corrected chi connectivity index (χ2v) is 13.3. The number of nitriles is 3. The van der Waals surface area contributed by atoms with Crippen LogP contribution in [0.5, 0.6) is 0 Å². The molecule has 1 aromatic heterocycles. The number of aromatic nitrogens is 1. The highest BCUT2D eigenvalue weighted by molar-refractivity contribution is 6.29. The summed E-state index contributed by atoms with van der Waals surface area (Å²) in [5.74, 6) is 0. The van der Waals surface area contributed by atoms with Gasteiger partial charge in [-0.2, -0.15) is 15.8 Å². The van der Waals surface area contributed by atoms with Crippen LogP contribution in [0, 0.1) is 34.0 Å². The van der Waals surface area contributed by atoms with Gasteiger partial charge in [0.05, 0.1) is 22.3 Å². The Morgan fingerprint density at radius 3 is 1.57 bits per heavy atom. The zero-order valence-corrected chi connectivity index (χ0v) is 28.3. The number of hydrogen-bond acceptors (Lipinski definition) is 3. The first-order valence-corrected chi connectivity index (χ1v) is 17.5. The molecule has 0 unspecified atom stereocenters. The normalized spacial score (nSPS) is 11.3. The maximum absolute atomic E-state index is 10.2. The van der Waals surface area contributed by atoms with Crippen LogP contribution in [-0.4, -0.2) is 4.57 Å². The molecule has 0 amide bonds. The number of nitrogens with zero attached hydrogens (tertiary/aromatic N) is 4. The van der Waals surface area contributed by atoms with E-state index in [0.717, 1.165) is 66.3 Å². The van der Waals surface area contributed by atoms with E-state index in [1.54, 1.807) is 0 Å². The summed E-state index contributed by atoms with van der Waals surface area (Å²) in [6.45, 7) is 0. The van der Waals surface area contributed by atoms with Gasteiger partial charge in [-0.3, -0.25) is 0 Å². The van der Waals surface area contributed by atoms with E-state index in [-0.39, 0.29) is 11.1 Å². The molecule has 1 heterocycles. The molecule has 0 spiro atoms. The zero-order valence-electron chi connectivity index (χ0n) is 28.3. The maximum atomic E-state index is 10.2. The van der Waals surface area contributed by atoms with E-state index in [9.17, 15) is 15.8 Å². The quantitative estimate of drug-likeness (QED) is 0.175. The average molecular weight is 671 g/mol. The molecular weight excluding hydrogens is 645 g/mol. The predicted octanol–water partition coefficient (Wildman–Crippen LogP) is 12.4. The highest BCUT2D eigenvalue weighted by Gasteiger charge is 2.32. The van der Waals surface area contributed by atoms with Gasteiger partial charge in [0.2, 0.25) is 0 Å².